The number of ether oxygens (including phenoxy) is 1. The van der Waals surface area contributed by atoms with E-state index in [1.807, 2.05) is 13.0 Å². The Balaban J connectivity index is 1.51. The fourth-order valence-electron chi connectivity index (χ4n) is 5.14. The van der Waals surface area contributed by atoms with E-state index in [1.54, 1.807) is 6.07 Å². The molecule has 0 bridgehead atoms. The first-order valence-corrected chi connectivity index (χ1v) is 10.6. The molecule has 1 aromatic carbocycles. The molecule has 140 valence electrons. The van der Waals surface area contributed by atoms with Gasteiger partial charge in [0, 0.05) is 12.2 Å². The van der Waals surface area contributed by atoms with Gasteiger partial charge in [-0.3, -0.25) is 0 Å². The molecule has 0 aromatic heterocycles. The molecule has 2 saturated carbocycles. The Morgan fingerprint density at radius 2 is 1.56 bits per heavy atom. The molecule has 0 radical (unpaired) electrons. The second kappa shape index (κ2) is 9.16. The van der Waals surface area contributed by atoms with Crippen LogP contribution in [0.5, 0.6) is 0 Å². The van der Waals surface area contributed by atoms with Gasteiger partial charge in [-0.25, -0.2) is 4.39 Å². The molecule has 25 heavy (non-hydrogen) atoms. The van der Waals surface area contributed by atoms with Gasteiger partial charge in [0.1, 0.15) is 5.82 Å². The largest absolute Gasteiger partial charge is 0.377 e. The van der Waals surface area contributed by atoms with E-state index < -0.39 is 0 Å². The molecule has 0 saturated heterocycles. The maximum Gasteiger partial charge on any atom is 0.129 e. The zero-order valence-electron chi connectivity index (χ0n) is 16.1. The van der Waals surface area contributed by atoms with Crippen LogP contribution in [0.3, 0.4) is 0 Å². The van der Waals surface area contributed by atoms with E-state index >= 15 is 0 Å². The highest BCUT2D eigenvalue weighted by molar-refractivity contribution is 5.27. The Bertz CT molecular complexity index is 525. The summed E-state index contributed by atoms with van der Waals surface area (Å²) in [5.74, 6) is 3.35. The van der Waals surface area contributed by atoms with Crippen LogP contribution in [0.2, 0.25) is 0 Å². The first-order chi connectivity index (χ1) is 12.2. The number of rotatable bonds is 6. The van der Waals surface area contributed by atoms with Crippen molar-refractivity contribution in [2.24, 2.45) is 17.8 Å². The summed E-state index contributed by atoms with van der Waals surface area (Å²) in [6.45, 7) is 5.30. The summed E-state index contributed by atoms with van der Waals surface area (Å²) in [6, 6.07) is 5.83. The Morgan fingerprint density at radius 1 is 0.920 bits per heavy atom. The van der Waals surface area contributed by atoms with Crippen molar-refractivity contribution in [3.63, 3.8) is 0 Å². The van der Waals surface area contributed by atoms with Crippen LogP contribution < -0.4 is 0 Å². The lowest BCUT2D eigenvalue weighted by Gasteiger charge is -2.38. The topological polar surface area (TPSA) is 9.23 Å². The first kappa shape index (κ1) is 18.9. The van der Waals surface area contributed by atoms with Crippen molar-refractivity contribution in [2.45, 2.75) is 84.2 Å². The first-order valence-electron chi connectivity index (χ1n) is 10.6. The minimum Gasteiger partial charge on any atom is -0.377 e. The molecule has 3 rings (SSSR count). The minimum absolute atomic E-state index is 0.0917. The molecule has 2 heteroatoms. The number of hydrogen-bond acceptors (Lipinski definition) is 1. The predicted octanol–water partition coefficient (Wildman–Crippen LogP) is 6.85. The summed E-state index contributed by atoms with van der Waals surface area (Å²) in [7, 11) is 0. The lowest BCUT2D eigenvalue weighted by atomic mass is 9.68. The summed E-state index contributed by atoms with van der Waals surface area (Å²) < 4.78 is 19.6. The van der Waals surface area contributed by atoms with Gasteiger partial charge in [0.25, 0.3) is 0 Å². The third-order valence-electron chi connectivity index (χ3n) is 6.92. The van der Waals surface area contributed by atoms with Gasteiger partial charge in [-0.2, -0.15) is 0 Å². The second-order valence-corrected chi connectivity index (χ2v) is 8.29. The smallest absolute Gasteiger partial charge is 0.129 e. The van der Waals surface area contributed by atoms with Crippen LogP contribution in [0.1, 0.15) is 88.7 Å². The van der Waals surface area contributed by atoms with Gasteiger partial charge in [-0.05, 0) is 80.8 Å². The molecule has 0 N–H and O–H groups in total. The van der Waals surface area contributed by atoms with E-state index in [-0.39, 0.29) is 5.82 Å². The van der Waals surface area contributed by atoms with E-state index in [0.717, 1.165) is 17.8 Å². The fourth-order valence-corrected chi connectivity index (χ4v) is 5.14. The molecule has 0 atom stereocenters. The SMILES string of the molecule is CCOCc1ccc(C2CCC(C3CCC(CC)CC3)CC2)cc1F. The van der Waals surface area contributed by atoms with Gasteiger partial charge in [-0.1, -0.05) is 38.3 Å². The Kier molecular flexibility index (Phi) is 6.92. The summed E-state index contributed by atoms with van der Waals surface area (Å²) in [4.78, 5) is 0. The Morgan fingerprint density at radius 3 is 2.12 bits per heavy atom. The van der Waals surface area contributed by atoms with Crippen molar-refractivity contribution >= 4 is 0 Å². The maximum atomic E-state index is 14.3. The molecule has 1 nitrogen and oxygen atoms in total. The second-order valence-electron chi connectivity index (χ2n) is 8.29. The highest BCUT2D eigenvalue weighted by Gasteiger charge is 2.31. The van der Waals surface area contributed by atoms with Gasteiger partial charge in [0.05, 0.1) is 6.61 Å². The molecular formula is C23H35FO. The fraction of sp³-hybridized carbons (Fsp3) is 0.739. The summed E-state index contributed by atoms with van der Waals surface area (Å²) in [5, 5.41) is 0. The van der Waals surface area contributed by atoms with E-state index in [0.29, 0.717) is 24.7 Å². The zero-order valence-corrected chi connectivity index (χ0v) is 16.1. The summed E-state index contributed by atoms with van der Waals surface area (Å²) >= 11 is 0. The van der Waals surface area contributed by atoms with Crippen molar-refractivity contribution in [3.8, 4) is 0 Å². The standard InChI is InChI=1S/C23H35FO/c1-3-17-5-7-18(8-6-17)19-9-11-20(12-10-19)21-13-14-22(16-25-4-2)23(24)15-21/h13-15,17-20H,3-12,16H2,1-2H3. The van der Waals surface area contributed by atoms with E-state index in [1.165, 1.54) is 63.4 Å². The quantitative estimate of drug-likeness (QED) is 0.547. The molecule has 0 heterocycles. The van der Waals surface area contributed by atoms with Gasteiger partial charge in [0.15, 0.2) is 0 Å². The summed E-state index contributed by atoms with van der Waals surface area (Å²) in [6.07, 6.45) is 12.3. The molecular weight excluding hydrogens is 311 g/mol. The Hall–Kier alpha value is -0.890. The molecule has 0 amide bonds. The van der Waals surface area contributed by atoms with E-state index in [2.05, 4.69) is 13.0 Å². The molecule has 0 unspecified atom stereocenters. The predicted molar refractivity (Wildman–Crippen MR) is 102 cm³/mol. The van der Waals surface area contributed by atoms with Crippen LogP contribution in [-0.4, -0.2) is 6.61 Å². The monoisotopic (exact) mass is 346 g/mol. The van der Waals surface area contributed by atoms with Crippen molar-refractivity contribution in [1.29, 1.82) is 0 Å². The third kappa shape index (κ3) is 4.84. The number of hydrogen-bond donors (Lipinski definition) is 0. The van der Waals surface area contributed by atoms with Gasteiger partial charge in [-0.15, -0.1) is 0 Å². The average molecular weight is 347 g/mol. The average Bonchev–Trinajstić information content (AvgIpc) is 2.67. The molecule has 0 spiro atoms. The van der Waals surface area contributed by atoms with Crippen molar-refractivity contribution in [2.75, 3.05) is 6.61 Å². The van der Waals surface area contributed by atoms with Gasteiger partial charge < -0.3 is 4.74 Å². The van der Waals surface area contributed by atoms with E-state index in [9.17, 15) is 4.39 Å². The molecule has 2 aliphatic rings. The summed E-state index contributed by atoms with van der Waals surface area (Å²) in [5.41, 5.74) is 1.89. The van der Waals surface area contributed by atoms with Crippen molar-refractivity contribution < 1.29 is 9.13 Å². The number of halogens is 1. The molecule has 2 fully saturated rings. The van der Waals surface area contributed by atoms with Crippen molar-refractivity contribution in [1.82, 2.24) is 0 Å². The van der Waals surface area contributed by atoms with Crippen LogP contribution in [0.15, 0.2) is 18.2 Å². The molecule has 2 aliphatic carbocycles. The lowest BCUT2D eigenvalue weighted by Crippen LogP contribution is -2.25. The zero-order chi connectivity index (χ0) is 17.6. The van der Waals surface area contributed by atoms with Crippen molar-refractivity contribution in [3.05, 3.63) is 35.1 Å². The van der Waals surface area contributed by atoms with E-state index in [4.69, 9.17) is 4.74 Å². The van der Waals surface area contributed by atoms with Gasteiger partial charge in [0.2, 0.25) is 0 Å². The van der Waals surface area contributed by atoms with Crippen LogP contribution in [-0.2, 0) is 11.3 Å². The third-order valence-corrected chi connectivity index (χ3v) is 6.92. The highest BCUT2D eigenvalue weighted by Crippen LogP contribution is 2.44. The molecule has 1 aromatic rings. The number of benzene rings is 1. The van der Waals surface area contributed by atoms with Crippen LogP contribution >= 0.6 is 0 Å². The normalized spacial score (nSPS) is 30.4. The Labute approximate surface area is 153 Å². The van der Waals surface area contributed by atoms with Crippen LogP contribution in [0, 0.1) is 23.6 Å². The van der Waals surface area contributed by atoms with Gasteiger partial charge >= 0.3 is 0 Å². The lowest BCUT2D eigenvalue weighted by molar-refractivity contribution is 0.131. The molecule has 0 aliphatic heterocycles. The van der Waals surface area contributed by atoms with Crippen LogP contribution in [0.25, 0.3) is 0 Å². The maximum absolute atomic E-state index is 14.3. The minimum atomic E-state index is -0.0917. The highest BCUT2D eigenvalue weighted by atomic mass is 19.1. The van der Waals surface area contributed by atoms with Crippen LogP contribution in [0.4, 0.5) is 4.39 Å².